The van der Waals surface area contributed by atoms with Gasteiger partial charge in [-0.2, -0.15) is 0 Å². The van der Waals surface area contributed by atoms with E-state index >= 15 is 0 Å². The van der Waals surface area contributed by atoms with Gasteiger partial charge in [-0.15, -0.1) is 11.3 Å². The van der Waals surface area contributed by atoms with Gasteiger partial charge in [0.05, 0.1) is 11.1 Å². The second-order valence-corrected chi connectivity index (χ2v) is 6.02. The van der Waals surface area contributed by atoms with E-state index in [0.29, 0.717) is 11.5 Å². The lowest BCUT2D eigenvalue weighted by molar-refractivity contribution is 0.628. The maximum atomic E-state index is 13.9. The highest BCUT2D eigenvalue weighted by atomic mass is 32.1. The van der Waals surface area contributed by atoms with E-state index in [0.717, 1.165) is 21.3 Å². The molecule has 0 unspecified atom stereocenters. The summed E-state index contributed by atoms with van der Waals surface area (Å²) in [6, 6.07) is 12.6. The lowest BCUT2D eigenvalue weighted by Gasteiger charge is -2.09. The van der Waals surface area contributed by atoms with E-state index < -0.39 is 0 Å². The number of hydrogen-bond acceptors (Lipinski definition) is 4. The second kappa shape index (κ2) is 5.98. The summed E-state index contributed by atoms with van der Waals surface area (Å²) >= 11 is 1.46. The molecule has 2 heterocycles. The summed E-state index contributed by atoms with van der Waals surface area (Å²) in [7, 11) is 0. The third kappa shape index (κ3) is 2.61. The Morgan fingerprint density at radius 1 is 0.917 bits per heavy atom. The largest absolute Gasteiger partial charge is 0.337 e. The first-order chi connectivity index (χ1) is 11.7. The van der Waals surface area contributed by atoms with Crippen molar-refractivity contribution in [1.29, 1.82) is 0 Å². The van der Waals surface area contributed by atoms with E-state index in [9.17, 15) is 8.78 Å². The number of fused-ring (bicyclic) bond motifs is 1. The van der Waals surface area contributed by atoms with Crippen molar-refractivity contribution >= 4 is 33.1 Å². The molecule has 2 aromatic heterocycles. The summed E-state index contributed by atoms with van der Waals surface area (Å²) < 4.78 is 27.1. The Balaban J connectivity index is 1.86. The maximum absolute atomic E-state index is 13.9. The maximum Gasteiger partial charge on any atom is 0.146 e. The first-order valence-corrected chi connectivity index (χ1v) is 8.10. The molecule has 0 aliphatic rings. The van der Waals surface area contributed by atoms with Crippen LogP contribution in [0.4, 0.5) is 20.3 Å². The quantitative estimate of drug-likeness (QED) is 0.544. The van der Waals surface area contributed by atoms with E-state index in [1.807, 2.05) is 5.38 Å². The third-order valence-corrected chi connectivity index (χ3v) is 4.54. The summed E-state index contributed by atoms with van der Waals surface area (Å²) in [5.74, 6) is -0.132. The molecule has 3 nitrogen and oxygen atoms in total. The Morgan fingerprint density at radius 2 is 1.71 bits per heavy atom. The number of nitrogens with zero attached hydrogens (tertiary/aromatic N) is 2. The number of rotatable bonds is 3. The summed E-state index contributed by atoms with van der Waals surface area (Å²) in [6.45, 7) is 0. The van der Waals surface area contributed by atoms with Gasteiger partial charge in [0, 0.05) is 10.9 Å². The molecule has 2 aromatic carbocycles. The van der Waals surface area contributed by atoms with E-state index in [4.69, 9.17) is 0 Å². The van der Waals surface area contributed by atoms with Crippen molar-refractivity contribution < 1.29 is 8.78 Å². The van der Waals surface area contributed by atoms with E-state index in [-0.39, 0.29) is 11.6 Å². The molecule has 4 aromatic rings. The predicted octanol–water partition coefficient (Wildman–Crippen LogP) is 5.38. The molecular weight excluding hydrogens is 328 g/mol. The van der Waals surface area contributed by atoms with Crippen molar-refractivity contribution in [3.8, 4) is 11.1 Å². The SMILES string of the molecule is Fc1ccc(-c2csc3ncnc(Nc4ccccc4F)c23)cc1. The molecule has 0 spiro atoms. The zero-order valence-corrected chi connectivity index (χ0v) is 13.1. The molecule has 1 N–H and O–H groups in total. The third-order valence-electron chi connectivity index (χ3n) is 3.65. The minimum atomic E-state index is -0.358. The Hall–Kier alpha value is -2.86. The molecule has 0 atom stereocenters. The molecular formula is C18H11F2N3S. The molecule has 118 valence electrons. The van der Waals surface area contributed by atoms with Crippen molar-refractivity contribution in [3.05, 3.63) is 71.9 Å². The monoisotopic (exact) mass is 339 g/mol. The van der Waals surface area contributed by atoms with E-state index in [1.54, 1.807) is 30.3 Å². The fraction of sp³-hybridized carbons (Fsp3) is 0. The standard InChI is InChI=1S/C18H11F2N3S/c19-12-7-5-11(6-8-12)13-9-24-18-16(13)17(21-10-22-18)23-15-4-2-1-3-14(15)20/h1-10H,(H,21,22,23). The second-order valence-electron chi connectivity index (χ2n) is 5.16. The Labute approximate surface area is 140 Å². The number of anilines is 2. The Morgan fingerprint density at radius 3 is 2.50 bits per heavy atom. The van der Waals surface area contributed by atoms with Crippen LogP contribution >= 0.6 is 11.3 Å². The number of hydrogen-bond donors (Lipinski definition) is 1. The van der Waals surface area contributed by atoms with Gasteiger partial charge >= 0.3 is 0 Å². The average molecular weight is 339 g/mol. The summed E-state index contributed by atoms with van der Waals surface area (Å²) in [4.78, 5) is 9.31. The molecule has 0 fully saturated rings. The number of aromatic nitrogens is 2. The summed E-state index contributed by atoms with van der Waals surface area (Å²) in [6.07, 6.45) is 1.44. The highest BCUT2D eigenvalue weighted by Gasteiger charge is 2.14. The smallest absolute Gasteiger partial charge is 0.146 e. The van der Waals surface area contributed by atoms with Crippen LogP contribution in [0, 0.1) is 11.6 Å². The molecule has 0 saturated carbocycles. The number of nitrogens with one attached hydrogen (secondary N) is 1. The Bertz CT molecular complexity index is 1010. The topological polar surface area (TPSA) is 37.8 Å². The van der Waals surface area contributed by atoms with E-state index in [2.05, 4.69) is 15.3 Å². The highest BCUT2D eigenvalue weighted by Crippen LogP contribution is 2.37. The van der Waals surface area contributed by atoms with Gasteiger partial charge in [-0.25, -0.2) is 18.7 Å². The van der Waals surface area contributed by atoms with Gasteiger partial charge in [-0.1, -0.05) is 24.3 Å². The van der Waals surface area contributed by atoms with Crippen LogP contribution in [0.1, 0.15) is 0 Å². The minimum Gasteiger partial charge on any atom is -0.337 e. The fourth-order valence-electron chi connectivity index (χ4n) is 2.50. The first-order valence-electron chi connectivity index (χ1n) is 7.22. The van der Waals surface area contributed by atoms with Gasteiger partial charge in [0.1, 0.15) is 28.6 Å². The average Bonchev–Trinajstić information content (AvgIpc) is 3.03. The van der Waals surface area contributed by atoms with Crippen molar-refractivity contribution in [2.24, 2.45) is 0 Å². The number of thiophene rings is 1. The van der Waals surface area contributed by atoms with Crippen molar-refractivity contribution in [1.82, 2.24) is 9.97 Å². The van der Waals surface area contributed by atoms with Crippen LogP contribution in [0.15, 0.2) is 60.2 Å². The highest BCUT2D eigenvalue weighted by molar-refractivity contribution is 7.17. The molecule has 0 saturated heterocycles. The molecule has 4 rings (SSSR count). The van der Waals surface area contributed by atoms with Crippen LogP contribution in [0.3, 0.4) is 0 Å². The fourth-order valence-corrected chi connectivity index (χ4v) is 3.42. The molecule has 0 radical (unpaired) electrons. The molecule has 24 heavy (non-hydrogen) atoms. The van der Waals surface area contributed by atoms with Crippen LogP contribution in [-0.2, 0) is 0 Å². The van der Waals surface area contributed by atoms with Crippen LogP contribution in [0.5, 0.6) is 0 Å². The summed E-state index contributed by atoms with van der Waals surface area (Å²) in [5.41, 5.74) is 2.08. The molecule has 0 bridgehead atoms. The van der Waals surface area contributed by atoms with Gasteiger partial charge in [0.15, 0.2) is 0 Å². The first kappa shape index (κ1) is 14.7. The number of benzene rings is 2. The van der Waals surface area contributed by atoms with Gasteiger partial charge in [-0.3, -0.25) is 0 Å². The zero-order valence-electron chi connectivity index (χ0n) is 12.3. The zero-order chi connectivity index (χ0) is 16.5. The molecule has 6 heteroatoms. The van der Waals surface area contributed by atoms with Crippen LogP contribution in [0.25, 0.3) is 21.3 Å². The van der Waals surface area contributed by atoms with Crippen LogP contribution < -0.4 is 5.32 Å². The van der Waals surface area contributed by atoms with Crippen molar-refractivity contribution in [3.63, 3.8) is 0 Å². The van der Waals surface area contributed by atoms with Gasteiger partial charge in [-0.05, 0) is 29.8 Å². The molecule has 0 aliphatic heterocycles. The minimum absolute atomic E-state index is 0.292. The van der Waals surface area contributed by atoms with E-state index in [1.165, 1.54) is 35.9 Å². The lowest BCUT2D eigenvalue weighted by atomic mass is 10.1. The summed E-state index contributed by atoms with van der Waals surface area (Å²) in [5, 5.41) is 5.76. The normalized spacial score (nSPS) is 10.9. The number of para-hydroxylation sites is 1. The molecule has 0 amide bonds. The van der Waals surface area contributed by atoms with Gasteiger partial charge < -0.3 is 5.32 Å². The lowest BCUT2D eigenvalue weighted by Crippen LogP contribution is -1.97. The van der Waals surface area contributed by atoms with Crippen molar-refractivity contribution in [2.45, 2.75) is 0 Å². The van der Waals surface area contributed by atoms with Gasteiger partial charge in [0.2, 0.25) is 0 Å². The van der Waals surface area contributed by atoms with Crippen LogP contribution in [-0.4, -0.2) is 9.97 Å². The van der Waals surface area contributed by atoms with Gasteiger partial charge in [0.25, 0.3) is 0 Å². The van der Waals surface area contributed by atoms with Crippen molar-refractivity contribution in [2.75, 3.05) is 5.32 Å². The Kier molecular flexibility index (Phi) is 3.66. The van der Waals surface area contributed by atoms with Crippen LogP contribution in [0.2, 0.25) is 0 Å². The molecule has 0 aliphatic carbocycles. The number of halogens is 2. The predicted molar refractivity (Wildman–Crippen MR) is 92.5 cm³/mol.